The standard InChI is InChI=1S/C23H22F3N5O5S/c1-36-19-11-15(21(32)33)7-8-18(19)28-22-27-12-17(23(24,25)26)20(29-22)31(30-37(2,34)35)16-9-13-5-3-4-6-14(13)10-16/h3-8,11-12,16,30H,9-10H2,1-2H3,(H,32,33)(H,27,28,29). The summed E-state index contributed by atoms with van der Waals surface area (Å²) >= 11 is 0. The van der Waals surface area contributed by atoms with Gasteiger partial charge < -0.3 is 15.2 Å². The van der Waals surface area contributed by atoms with E-state index in [0.717, 1.165) is 22.4 Å². The number of carboxylic acids is 1. The van der Waals surface area contributed by atoms with Gasteiger partial charge in [-0.05, 0) is 42.2 Å². The number of halogens is 3. The second-order valence-corrected chi connectivity index (χ2v) is 10.1. The lowest BCUT2D eigenvalue weighted by atomic mass is 10.1. The van der Waals surface area contributed by atoms with Crippen molar-refractivity contribution in [3.05, 3.63) is 70.9 Å². The summed E-state index contributed by atoms with van der Waals surface area (Å²) in [4.78, 5) is 21.2. The number of aromatic nitrogens is 2. The van der Waals surface area contributed by atoms with Crippen LogP contribution in [0.5, 0.6) is 5.75 Å². The zero-order chi connectivity index (χ0) is 27.0. The maximum atomic E-state index is 14.0. The van der Waals surface area contributed by atoms with Crippen LogP contribution in [0.25, 0.3) is 0 Å². The summed E-state index contributed by atoms with van der Waals surface area (Å²) in [5.74, 6) is -2.09. The molecule has 0 fully saturated rings. The molecule has 3 aromatic rings. The summed E-state index contributed by atoms with van der Waals surface area (Å²) in [6.45, 7) is 0. The third kappa shape index (κ3) is 5.91. The summed E-state index contributed by atoms with van der Waals surface area (Å²) in [6, 6.07) is 10.4. The lowest BCUT2D eigenvalue weighted by Crippen LogP contribution is -2.50. The number of alkyl halides is 3. The summed E-state index contributed by atoms with van der Waals surface area (Å²) in [5, 5.41) is 12.8. The predicted octanol–water partition coefficient (Wildman–Crippen LogP) is 3.38. The van der Waals surface area contributed by atoms with Gasteiger partial charge in [0.15, 0.2) is 5.82 Å². The van der Waals surface area contributed by atoms with Crippen LogP contribution in [0.1, 0.15) is 27.0 Å². The number of fused-ring (bicyclic) bond motifs is 1. The lowest BCUT2D eigenvalue weighted by Gasteiger charge is -2.31. The van der Waals surface area contributed by atoms with Crippen LogP contribution in [0.15, 0.2) is 48.7 Å². The zero-order valence-electron chi connectivity index (χ0n) is 19.6. The van der Waals surface area contributed by atoms with Crippen LogP contribution in [0, 0.1) is 0 Å². The van der Waals surface area contributed by atoms with Crippen molar-refractivity contribution in [2.24, 2.45) is 0 Å². The zero-order valence-corrected chi connectivity index (χ0v) is 20.4. The minimum atomic E-state index is -4.89. The van der Waals surface area contributed by atoms with Gasteiger partial charge in [-0.3, -0.25) is 5.01 Å². The van der Waals surface area contributed by atoms with E-state index in [1.165, 1.54) is 25.3 Å². The highest BCUT2D eigenvalue weighted by Gasteiger charge is 2.40. The summed E-state index contributed by atoms with van der Waals surface area (Å²) < 4.78 is 71.6. The molecule has 0 amide bonds. The number of anilines is 3. The smallest absolute Gasteiger partial charge is 0.421 e. The molecule has 14 heteroatoms. The molecule has 1 aliphatic carbocycles. The number of hydrogen-bond donors (Lipinski definition) is 3. The normalized spacial score (nSPS) is 13.8. The lowest BCUT2D eigenvalue weighted by molar-refractivity contribution is -0.137. The molecule has 3 N–H and O–H groups in total. The molecule has 0 saturated carbocycles. The number of carboxylic acid groups (broad SMARTS) is 1. The Morgan fingerprint density at radius 3 is 2.35 bits per heavy atom. The molecule has 196 valence electrons. The Kier molecular flexibility index (Phi) is 6.97. The highest BCUT2D eigenvalue weighted by Crippen LogP contribution is 2.38. The fourth-order valence-electron chi connectivity index (χ4n) is 4.05. The van der Waals surface area contributed by atoms with E-state index in [1.807, 2.05) is 12.1 Å². The van der Waals surface area contributed by atoms with Crippen molar-refractivity contribution in [2.45, 2.75) is 25.1 Å². The second kappa shape index (κ2) is 9.86. The minimum Gasteiger partial charge on any atom is -0.495 e. The Morgan fingerprint density at radius 2 is 1.81 bits per heavy atom. The highest BCUT2D eigenvalue weighted by molar-refractivity contribution is 7.88. The number of ether oxygens (including phenoxy) is 1. The topological polar surface area (TPSA) is 134 Å². The fraction of sp³-hybridized carbons (Fsp3) is 0.261. The molecule has 1 aliphatic rings. The molecule has 0 spiro atoms. The molecular formula is C23H22F3N5O5S. The van der Waals surface area contributed by atoms with Gasteiger partial charge in [0.05, 0.1) is 30.7 Å². The van der Waals surface area contributed by atoms with Gasteiger partial charge in [0.2, 0.25) is 16.0 Å². The number of methoxy groups -OCH3 is 1. The van der Waals surface area contributed by atoms with Gasteiger partial charge in [-0.1, -0.05) is 24.3 Å². The highest BCUT2D eigenvalue weighted by atomic mass is 32.2. The van der Waals surface area contributed by atoms with Crippen LogP contribution in [0.3, 0.4) is 0 Å². The number of nitrogens with zero attached hydrogens (tertiary/aromatic N) is 3. The third-order valence-electron chi connectivity index (χ3n) is 5.66. The van der Waals surface area contributed by atoms with E-state index in [4.69, 9.17) is 4.74 Å². The predicted molar refractivity (Wildman–Crippen MR) is 128 cm³/mol. The van der Waals surface area contributed by atoms with Crippen molar-refractivity contribution in [2.75, 3.05) is 23.7 Å². The molecule has 0 atom stereocenters. The quantitative estimate of drug-likeness (QED) is 0.370. The first-order valence-corrected chi connectivity index (χ1v) is 12.7. The van der Waals surface area contributed by atoms with Gasteiger partial charge in [-0.2, -0.15) is 18.2 Å². The van der Waals surface area contributed by atoms with Crippen molar-refractivity contribution in [3.8, 4) is 5.75 Å². The van der Waals surface area contributed by atoms with Crippen molar-refractivity contribution in [1.29, 1.82) is 0 Å². The molecule has 0 radical (unpaired) electrons. The third-order valence-corrected chi connectivity index (χ3v) is 6.18. The summed E-state index contributed by atoms with van der Waals surface area (Å²) in [6.07, 6.45) is -2.93. The average molecular weight is 538 g/mol. The molecule has 1 heterocycles. The number of carbonyl (C=O) groups is 1. The maximum Gasteiger partial charge on any atom is 0.421 e. The number of hydrazine groups is 1. The van der Waals surface area contributed by atoms with E-state index in [1.54, 1.807) is 12.1 Å². The number of sulfonamides is 1. The largest absolute Gasteiger partial charge is 0.495 e. The van der Waals surface area contributed by atoms with Crippen LogP contribution >= 0.6 is 0 Å². The van der Waals surface area contributed by atoms with E-state index in [2.05, 4.69) is 20.1 Å². The van der Waals surface area contributed by atoms with E-state index < -0.39 is 39.6 Å². The number of aromatic carboxylic acids is 1. The first kappa shape index (κ1) is 26.2. The van der Waals surface area contributed by atoms with Gasteiger partial charge in [0.1, 0.15) is 11.3 Å². The Labute approximate surface area is 210 Å². The van der Waals surface area contributed by atoms with Crippen LogP contribution in [-0.2, 0) is 29.0 Å². The molecule has 10 nitrogen and oxygen atoms in total. The molecule has 4 rings (SSSR count). The van der Waals surface area contributed by atoms with Crippen molar-refractivity contribution >= 4 is 33.4 Å². The molecule has 37 heavy (non-hydrogen) atoms. The molecular weight excluding hydrogens is 515 g/mol. The Morgan fingerprint density at radius 1 is 1.16 bits per heavy atom. The number of rotatable bonds is 8. The van der Waals surface area contributed by atoms with Crippen LogP contribution in [0.2, 0.25) is 0 Å². The minimum absolute atomic E-state index is 0.0687. The van der Waals surface area contributed by atoms with Crippen LogP contribution in [-0.4, -0.2) is 48.9 Å². The van der Waals surface area contributed by atoms with Crippen LogP contribution < -0.4 is 19.9 Å². The Hall–Kier alpha value is -3.91. The monoisotopic (exact) mass is 537 g/mol. The maximum absolute atomic E-state index is 14.0. The number of hydrogen-bond acceptors (Lipinski definition) is 8. The molecule has 0 saturated heterocycles. The summed E-state index contributed by atoms with van der Waals surface area (Å²) in [7, 11) is -2.71. The van der Waals surface area contributed by atoms with Gasteiger partial charge in [-0.15, -0.1) is 4.83 Å². The van der Waals surface area contributed by atoms with Gasteiger partial charge in [0, 0.05) is 6.20 Å². The van der Waals surface area contributed by atoms with Gasteiger partial charge in [-0.25, -0.2) is 18.2 Å². The fourth-order valence-corrected chi connectivity index (χ4v) is 4.65. The van der Waals surface area contributed by atoms with Gasteiger partial charge in [0.25, 0.3) is 0 Å². The van der Waals surface area contributed by atoms with E-state index in [9.17, 15) is 31.5 Å². The Balaban J connectivity index is 1.78. The number of benzene rings is 2. The Bertz CT molecular complexity index is 1420. The molecule has 2 aromatic carbocycles. The molecule has 0 unspecified atom stereocenters. The first-order valence-electron chi connectivity index (χ1n) is 10.8. The van der Waals surface area contributed by atoms with E-state index in [0.29, 0.717) is 6.20 Å². The van der Waals surface area contributed by atoms with Crippen LogP contribution in [0.4, 0.5) is 30.6 Å². The van der Waals surface area contributed by atoms with E-state index >= 15 is 0 Å². The average Bonchev–Trinajstić information content (AvgIpc) is 3.25. The van der Waals surface area contributed by atoms with E-state index in [-0.39, 0.29) is 35.8 Å². The SMILES string of the molecule is COc1cc(C(=O)O)ccc1Nc1ncc(C(F)(F)F)c(N(NS(C)(=O)=O)C2Cc3ccccc3C2)n1. The molecule has 0 aliphatic heterocycles. The number of nitrogens with one attached hydrogen (secondary N) is 2. The molecule has 1 aromatic heterocycles. The van der Waals surface area contributed by atoms with Crippen molar-refractivity contribution < 1.29 is 36.2 Å². The first-order chi connectivity index (χ1) is 17.4. The summed E-state index contributed by atoms with van der Waals surface area (Å²) in [5.41, 5.74) is 0.655. The molecule has 0 bridgehead atoms. The second-order valence-electron chi connectivity index (χ2n) is 8.34. The van der Waals surface area contributed by atoms with Crippen molar-refractivity contribution in [1.82, 2.24) is 14.8 Å². The van der Waals surface area contributed by atoms with Crippen molar-refractivity contribution in [3.63, 3.8) is 0 Å². The van der Waals surface area contributed by atoms with Gasteiger partial charge >= 0.3 is 12.1 Å².